The quantitative estimate of drug-likeness (QED) is 0.572. The Bertz CT molecular complexity index is 701. The van der Waals surface area contributed by atoms with Crippen molar-refractivity contribution in [3.63, 3.8) is 0 Å². The largest absolute Gasteiger partial charge is 0.397 e. The fourth-order valence-corrected chi connectivity index (χ4v) is 7.53. The van der Waals surface area contributed by atoms with Crippen LogP contribution in [-0.2, 0) is 14.6 Å². The van der Waals surface area contributed by atoms with Crippen molar-refractivity contribution in [3.8, 4) is 0 Å². The van der Waals surface area contributed by atoms with Gasteiger partial charge in [0, 0.05) is 0 Å². The molecule has 148 valence electrons. The summed E-state index contributed by atoms with van der Waals surface area (Å²) in [4.78, 5) is 0. The number of aliphatic hydroxyl groups excluding tert-OH is 1. The SMILES string of the molecule is CC12CCC(O)CC1=CCC1C2CCC2(C)C(COS(=O)(=O)O)CCC12. The molecule has 3 saturated carbocycles. The van der Waals surface area contributed by atoms with Crippen LogP contribution in [0.3, 0.4) is 0 Å². The van der Waals surface area contributed by atoms with Crippen LogP contribution in [0, 0.1) is 34.5 Å². The molecule has 2 N–H and O–H groups in total. The molecule has 0 radical (unpaired) electrons. The highest BCUT2D eigenvalue weighted by atomic mass is 32.3. The molecule has 7 unspecified atom stereocenters. The van der Waals surface area contributed by atoms with Gasteiger partial charge in [-0.05, 0) is 85.9 Å². The zero-order valence-corrected chi connectivity index (χ0v) is 16.7. The summed E-state index contributed by atoms with van der Waals surface area (Å²) in [6.07, 6.45) is 10.5. The minimum atomic E-state index is -4.36. The zero-order valence-electron chi connectivity index (χ0n) is 15.9. The van der Waals surface area contributed by atoms with Gasteiger partial charge >= 0.3 is 10.4 Å². The summed E-state index contributed by atoms with van der Waals surface area (Å²) in [5, 5.41) is 10.1. The summed E-state index contributed by atoms with van der Waals surface area (Å²) in [5.74, 6) is 2.11. The van der Waals surface area contributed by atoms with E-state index in [-0.39, 0.29) is 29.5 Å². The van der Waals surface area contributed by atoms with Gasteiger partial charge in [-0.2, -0.15) is 8.42 Å². The first-order valence-electron chi connectivity index (χ1n) is 10.1. The smallest absolute Gasteiger partial charge is 0.393 e. The number of aliphatic hydroxyl groups is 1. The lowest BCUT2D eigenvalue weighted by Gasteiger charge is -2.58. The van der Waals surface area contributed by atoms with Gasteiger partial charge in [0.15, 0.2) is 0 Å². The summed E-state index contributed by atoms with van der Waals surface area (Å²) >= 11 is 0. The topological polar surface area (TPSA) is 83.8 Å². The van der Waals surface area contributed by atoms with Gasteiger partial charge in [0.1, 0.15) is 0 Å². The second-order valence-electron chi connectivity index (χ2n) is 9.69. The number of hydrogen-bond donors (Lipinski definition) is 2. The average molecular weight is 385 g/mol. The standard InChI is InChI=1S/C20H32O5S/c1-19-9-7-15(21)11-13(19)3-5-16-17-6-4-14(12-25-26(22,23)24)20(17,2)10-8-18(16)19/h3,14-18,21H,4-12H2,1-2H3,(H,22,23,24). The second-order valence-corrected chi connectivity index (χ2v) is 10.8. The van der Waals surface area contributed by atoms with Crippen LogP contribution in [0.4, 0.5) is 0 Å². The molecule has 3 fully saturated rings. The van der Waals surface area contributed by atoms with Gasteiger partial charge in [-0.3, -0.25) is 4.55 Å². The minimum Gasteiger partial charge on any atom is -0.393 e. The van der Waals surface area contributed by atoms with E-state index >= 15 is 0 Å². The number of rotatable bonds is 3. The Morgan fingerprint density at radius 2 is 1.92 bits per heavy atom. The highest BCUT2D eigenvalue weighted by Gasteiger charge is 2.58. The van der Waals surface area contributed by atoms with Gasteiger partial charge in [-0.25, -0.2) is 4.18 Å². The van der Waals surface area contributed by atoms with Crippen molar-refractivity contribution in [2.24, 2.45) is 34.5 Å². The zero-order chi connectivity index (χ0) is 18.7. The first kappa shape index (κ1) is 18.9. The first-order valence-corrected chi connectivity index (χ1v) is 11.5. The molecule has 0 aromatic heterocycles. The van der Waals surface area contributed by atoms with Crippen LogP contribution in [0.15, 0.2) is 11.6 Å². The summed E-state index contributed by atoms with van der Waals surface area (Å²) < 4.78 is 35.7. The fourth-order valence-electron chi connectivity index (χ4n) is 7.19. The molecule has 4 aliphatic carbocycles. The molecule has 4 rings (SSSR count). The molecule has 0 bridgehead atoms. The molecule has 5 nitrogen and oxygen atoms in total. The predicted molar refractivity (Wildman–Crippen MR) is 98.7 cm³/mol. The van der Waals surface area contributed by atoms with Crippen LogP contribution in [0.25, 0.3) is 0 Å². The number of hydrogen-bond acceptors (Lipinski definition) is 4. The Kier molecular flexibility index (Phi) is 4.58. The lowest BCUT2D eigenvalue weighted by Crippen LogP contribution is -2.50. The second kappa shape index (κ2) is 6.29. The Hall–Kier alpha value is -0.430. The third-order valence-electron chi connectivity index (χ3n) is 8.69. The predicted octanol–water partition coefficient (Wildman–Crippen LogP) is 3.75. The maximum Gasteiger partial charge on any atom is 0.397 e. The molecular formula is C20H32O5S. The molecule has 0 aromatic rings. The van der Waals surface area contributed by atoms with E-state index in [9.17, 15) is 13.5 Å². The summed E-state index contributed by atoms with van der Waals surface area (Å²) in [6, 6.07) is 0. The van der Waals surface area contributed by atoms with Crippen molar-refractivity contribution in [1.29, 1.82) is 0 Å². The van der Waals surface area contributed by atoms with Crippen LogP contribution >= 0.6 is 0 Å². The summed E-state index contributed by atoms with van der Waals surface area (Å²) in [7, 11) is -4.36. The lowest BCUT2D eigenvalue weighted by atomic mass is 9.47. The van der Waals surface area contributed by atoms with Crippen LogP contribution in [0.1, 0.15) is 65.2 Å². The van der Waals surface area contributed by atoms with Crippen molar-refractivity contribution in [3.05, 3.63) is 11.6 Å². The van der Waals surface area contributed by atoms with Gasteiger partial charge in [0.05, 0.1) is 12.7 Å². The maximum absolute atomic E-state index is 11.0. The van der Waals surface area contributed by atoms with Crippen LogP contribution in [-0.4, -0.2) is 30.8 Å². The lowest BCUT2D eigenvalue weighted by molar-refractivity contribution is -0.0548. The first-order chi connectivity index (χ1) is 12.1. The number of fused-ring (bicyclic) bond motifs is 5. The molecule has 7 atom stereocenters. The van der Waals surface area contributed by atoms with Crippen LogP contribution in [0.2, 0.25) is 0 Å². The van der Waals surface area contributed by atoms with E-state index in [0.717, 1.165) is 44.9 Å². The Morgan fingerprint density at radius 3 is 2.65 bits per heavy atom. The Morgan fingerprint density at radius 1 is 1.15 bits per heavy atom. The van der Waals surface area contributed by atoms with E-state index in [1.165, 1.54) is 12.0 Å². The van der Waals surface area contributed by atoms with Gasteiger partial charge in [-0.15, -0.1) is 0 Å². The highest BCUT2D eigenvalue weighted by molar-refractivity contribution is 7.80. The molecule has 0 spiro atoms. The Labute approximate surface area is 157 Å². The third-order valence-corrected chi connectivity index (χ3v) is 9.13. The van der Waals surface area contributed by atoms with Gasteiger partial charge in [0.25, 0.3) is 0 Å². The Balaban J connectivity index is 1.56. The van der Waals surface area contributed by atoms with E-state index < -0.39 is 10.4 Å². The third kappa shape index (κ3) is 2.97. The number of allylic oxidation sites excluding steroid dienone is 1. The average Bonchev–Trinajstić information content (AvgIpc) is 2.89. The van der Waals surface area contributed by atoms with E-state index in [1.807, 2.05) is 0 Å². The van der Waals surface area contributed by atoms with Crippen molar-refractivity contribution >= 4 is 10.4 Å². The summed E-state index contributed by atoms with van der Waals surface area (Å²) in [5.41, 5.74) is 1.80. The normalized spacial score (nSPS) is 48.3. The molecule has 0 saturated heterocycles. The van der Waals surface area contributed by atoms with Crippen molar-refractivity contribution < 1.29 is 22.3 Å². The summed E-state index contributed by atoms with van der Waals surface area (Å²) in [6.45, 7) is 4.83. The van der Waals surface area contributed by atoms with Gasteiger partial charge < -0.3 is 5.11 Å². The van der Waals surface area contributed by atoms with Crippen LogP contribution in [0.5, 0.6) is 0 Å². The maximum atomic E-state index is 11.0. The van der Waals surface area contributed by atoms with Crippen molar-refractivity contribution in [2.45, 2.75) is 71.3 Å². The van der Waals surface area contributed by atoms with Gasteiger partial charge in [-0.1, -0.05) is 25.5 Å². The molecular weight excluding hydrogens is 352 g/mol. The molecule has 6 heteroatoms. The van der Waals surface area contributed by atoms with E-state index in [2.05, 4.69) is 19.9 Å². The van der Waals surface area contributed by atoms with E-state index in [4.69, 9.17) is 8.74 Å². The van der Waals surface area contributed by atoms with Crippen molar-refractivity contribution in [2.75, 3.05) is 6.61 Å². The molecule has 26 heavy (non-hydrogen) atoms. The van der Waals surface area contributed by atoms with E-state index in [0.29, 0.717) is 17.8 Å². The van der Waals surface area contributed by atoms with Crippen LogP contribution < -0.4 is 0 Å². The molecule has 4 aliphatic rings. The fraction of sp³-hybridized carbons (Fsp3) is 0.900. The van der Waals surface area contributed by atoms with E-state index in [1.54, 1.807) is 0 Å². The highest BCUT2D eigenvalue weighted by Crippen LogP contribution is 2.66. The molecule has 0 heterocycles. The monoisotopic (exact) mass is 384 g/mol. The van der Waals surface area contributed by atoms with Crippen molar-refractivity contribution in [1.82, 2.24) is 0 Å². The molecule has 0 aliphatic heterocycles. The molecule has 0 aromatic carbocycles. The van der Waals surface area contributed by atoms with Gasteiger partial charge in [0.2, 0.25) is 0 Å². The molecule has 0 amide bonds. The minimum absolute atomic E-state index is 0.0989.